The van der Waals surface area contributed by atoms with Crippen LogP contribution in [0.4, 0.5) is 0 Å². The van der Waals surface area contributed by atoms with Crippen molar-refractivity contribution in [3.8, 4) is 0 Å². The lowest BCUT2D eigenvalue weighted by Gasteiger charge is -2.27. The van der Waals surface area contributed by atoms with Crippen LogP contribution in [0.15, 0.2) is 0 Å². The third-order valence-electron chi connectivity index (χ3n) is 1.85. The molecular weight excluding hydrogens is 206 g/mol. The second-order valence-electron chi connectivity index (χ2n) is 2.98. The zero-order chi connectivity index (χ0) is 10.7. The Morgan fingerprint density at radius 2 is 1.79 bits per heavy atom. The number of thiol groups is 1. The lowest BCUT2D eigenvalue weighted by molar-refractivity contribution is -0.137. The third-order valence-corrected chi connectivity index (χ3v) is 2.22. The molecule has 1 rings (SSSR count). The number of nitrogens with two attached hydrogens (primary N) is 1. The SMILES string of the molecule is NC(=O)C[C@@H]1NC(=O)[C@H](CS)NC1=O. The number of piperazine rings is 1. The molecule has 0 aliphatic carbocycles. The van der Waals surface area contributed by atoms with Gasteiger partial charge in [0.25, 0.3) is 0 Å². The lowest BCUT2D eigenvalue weighted by Crippen LogP contribution is -2.62. The van der Waals surface area contributed by atoms with Crippen LogP contribution in [0.1, 0.15) is 6.42 Å². The monoisotopic (exact) mass is 217 g/mol. The molecule has 0 aromatic heterocycles. The summed E-state index contributed by atoms with van der Waals surface area (Å²) < 4.78 is 0. The van der Waals surface area contributed by atoms with Crippen LogP contribution in [0.2, 0.25) is 0 Å². The average molecular weight is 217 g/mol. The minimum atomic E-state index is -0.851. The van der Waals surface area contributed by atoms with E-state index in [0.29, 0.717) is 0 Å². The van der Waals surface area contributed by atoms with Crippen molar-refractivity contribution in [2.45, 2.75) is 18.5 Å². The number of carbonyl (C=O) groups is 3. The minimum absolute atomic E-state index is 0.184. The summed E-state index contributed by atoms with van der Waals surface area (Å²) in [7, 11) is 0. The second kappa shape index (κ2) is 4.32. The summed E-state index contributed by atoms with van der Waals surface area (Å²) >= 11 is 3.90. The molecule has 0 radical (unpaired) electrons. The Balaban J connectivity index is 2.62. The fraction of sp³-hybridized carbons (Fsp3) is 0.571. The fourth-order valence-corrected chi connectivity index (χ4v) is 1.41. The van der Waals surface area contributed by atoms with E-state index in [1.54, 1.807) is 0 Å². The van der Waals surface area contributed by atoms with Crippen LogP contribution in [-0.4, -0.2) is 35.6 Å². The highest BCUT2D eigenvalue weighted by atomic mass is 32.1. The van der Waals surface area contributed by atoms with Crippen LogP contribution in [-0.2, 0) is 14.4 Å². The second-order valence-corrected chi connectivity index (χ2v) is 3.34. The summed E-state index contributed by atoms with van der Waals surface area (Å²) in [4.78, 5) is 33.1. The maximum Gasteiger partial charge on any atom is 0.244 e. The normalized spacial score (nSPS) is 26.6. The van der Waals surface area contributed by atoms with Crippen molar-refractivity contribution in [1.82, 2.24) is 10.6 Å². The smallest absolute Gasteiger partial charge is 0.244 e. The first-order valence-electron chi connectivity index (χ1n) is 4.04. The predicted molar refractivity (Wildman–Crippen MR) is 51.5 cm³/mol. The fourth-order valence-electron chi connectivity index (χ4n) is 1.15. The molecule has 0 unspecified atom stereocenters. The number of primary amides is 1. The van der Waals surface area contributed by atoms with Crippen molar-refractivity contribution >= 4 is 30.4 Å². The molecule has 0 aromatic carbocycles. The quantitative estimate of drug-likeness (QED) is 0.403. The van der Waals surface area contributed by atoms with Crippen LogP contribution in [0.5, 0.6) is 0 Å². The topological polar surface area (TPSA) is 101 Å². The summed E-state index contributed by atoms with van der Waals surface area (Å²) in [5, 5.41) is 4.83. The molecule has 1 heterocycles. The van der Waals surface area contributed by atoms with Crippen molar-refractivity contribution in [3.63, 3.8) is 0 Å². The Morgan fingerprint density at radius 3 is 2.29 bits per heavy atom. The molecule has 14 heavy (non-hydrogen) atoms. The highest BCUT2D eigenvalue weighted by molar-refractivity contribution is 7.80. The summed E-state index contributed by atoms with van der Waals surface area (Å²) in [6.45, 7) is 0. The molecule has 78 valence electrons. The van der Waals surface area contributed by atoms with Gasteiger partial charge in [0.05, 0.1) is 6.42 Å². The lowest BCUT2D eigenvalue weighted by atomic mass is 10.1. The van der Waals surface area contributed by atoms with Gasteiger partial charge in [0.2, 0.25) is 17.7 Å². The highest BCUT2D eigenvalue weighted by Crippen LogP contribution is 2.01. The Labute approximate surface area is 86.0 Å². The van der Waals surface area contributed by atoms with E-state index in [1.165, 1.54) is 0 Å². The zero-order valence-electron chi connectivity index (χ0n) is 7.32. The van der Waals surface area contributed by atoms with E-state index < -0.39 is 23.9 Å². The van der Waals surface area contributed by atoms with Gasteiger partial charge >= 0.3 is 0 Å². The van der Waals surface area contributed by atoms with Gasteiger partial charge in [-0.3, -0.25) is 14.4 Å². The van der Waals surface area contributed by atoms with Gasteiger partial charge in [-0.1, -0.05) is 0 Å². The molecule has 3 amide bonds. The van der Waals surface area contributed by atoms with E-state index in [4.69, 9.17) is 5.73 Å². The number of amides is 3. The summed E-state index contributed by atoms with van der Waals surface area (Å²) in [5.74, 6) is -1.15. The summed E-state index contributed by atoms with van der Waals surface area (Å²) in [6, 6.07) is -1.48. The third kappa shape index (κ3) is 2.38. The molecule has 0 aromatic rings. The van der Waals surface area contributed by atoms with Crippen molar-refractivity contribution in [1.29, 1.82) is 0 Å². The van der Waals surface area contributed by atoms with Crippen LogP contribution in [0.3, 0.4) is 0 Å². The average Bonchev–Trinajstić information content (AvgIpc) is 2.10. The number of hydrogen-bond acceptors (Lipinski definition) is 4. The van der Waals surface area contributed by atoms with Gasteiger partial charge in [-0.25, -0.2) is 0 Å². The van der Waals surface area contributed by atoms with Crippen LogP contribution in [0.25, 0.3) is 0 Å². The van der Waals surface area contributed by atoms with E-state index in [9.17, 15) is 14.4 Å². The summed E-state index contributed by atoms with van der Waals surface area (Å²) in [6.07, 6.45) is -0.184. The Hall–Kier alpha value is -1.24. The first-order chi connectivity index (χ1) is 6.54. The molecule has 1 aliphatic rings. The van der Waals surface area contributed by atoms with Gasteiger partial charge in [-0.2, -0.15) is 12.6 Å². The van der Waals surface area contributed by atoms with Crippen LogP contribution >= 0.6 is 12.6 Å². The molecular formula is C7H11N3O3S. The Bertz CT molecular complexity index is 281. The molecule has 2 atom stereocenters. The molecule has 0 bridgehead atoms. The first-order valence-corrected chi connectivity index (χ1v) is 4.67. The number of rotatable bonds is 3. The van der Waals surface area contributed by atoms with Crippen molar-refractivity contribution < 1.29 is 14.4 Å². The van der Waals surface area contributed by atoms with Gasteiger partial charge in [-0.15, -0.1) is 0 Å². The van der Waals surface area contributed by atoms with Crippen molar-refractivity contribution in [2.75, 3.05) is 5.75 Å². The van der Waals surface area contributed by atoms with Gasteiger partial charge in [0.15, 0.2) is 0 Å². The van der Waals surface area contributed by atoms with Crippen molar-refractivity contribution in [3.05, 3.63) is 0 Å². The van der Waals surface area contributed by atoms with Crippen LogP contribution in [0, 0.1) is 0 Å². The largest absolute Gasteiger partial charge is 0.370 e. The Morgan fingerprint density at radius 1 is 1.29 bits per heavy atom. The maximum atomic E-state index is 11.3. The van der Waals surface area contributed by atoms with E-state index >= 15 is 0 Å². The number of carbonyl (C=O) groups excluding carboxylic acids is 3. The molecule has 1 aliphatic heterocycles. The highest BCUT2D eigenvalue weighted by Gasteiger charge is 2.33. The molecule has 7 heteroatoms. The first kappa shape index (κ1) is 10.8. The minimum Gasteiger partial charge on any atom is -0.370 e. The van der Waals surface area contributed by atoms with Gasteiger partial charge < -0.3 is 16.4 Å². The Kier molecular flexibility index (Phi) is 3.34. The molecule has 4 N–H and O–H groups in total. The zero-order valence-corrected chi connectivity index (χ0v) is 8.21. The molecule has 6 nitrogen and oxygen atoms in total. The van der Waals surface area contributed by atoms with E-state index in [0.717, 1.165) is 0 Å². The van der Waals surface area contributed by atoms with Gasteiger partial charge in [0.1, 0.15) is 12.1 Å². The summed E-state index contributed by atoms with van der Waals surface area (Å²) in [5.41, 5.74) is 4.91. The van der Waals surface area contributed by atoms with Crippen LogP contribution < -0.4 is 16.4 Å². The maximum absolute atomic E-state index is 11.3. The van der Waals surface area contributed by atoms with Gasteiger partial charge in [-0.05, 0) is 0 Å². The number of hydrogen-bond donors (Lipinski definition) is 4. The molecule has 0 saturated carbocycles. The standard InChI is InChI=1S/C7H11N3O3S/c8-5(11)1-3-6(12)10-4(2-14)7(13)9-3/h3-4,14H,1-2H2,(H2,8,11)(H,9,13)(H,10,12)/t3-,4-/m0/s1. The molecule has 1 fully saturated rings. The molecule has 0 spiro atoms. The van der Waals surface area contributed by atoms with E-state index in [-0.39, 0.29) is 18.1 Å². The van der Waals surface area contributed by atoms with Gasteiger partial charge in [0, 0.05) is 5.75 Å². The van der Waals surface area contributed by atoms with Crippen molar-refractivity contribution in [2.24, 2.45) is 5.73 Å². The van der Waals surface area contributed by atoms with E-state index in [2.05, 4.69) is 23.3 Å². The number of nitrogens with one attached hydrogen (secondary N) is 2. The molecule has 1 saturated heterocycles. The van der Waals surface area contributed by atoms with E-state index in [1.807, 2.05) is 0 Å². The predicted octanol–water partition coefficient (Wildman–Crippen LogP) is -2.23.